The Morgan fingerprint density at radius 1 is 1.28 bits per heavy atom. The number of benzene rings is 2. The van der Waals surface area contributed by atoms with Gasteiger partial charge in [-0.15, -0.1) is 5.47 Å². The van der Waals surface area contributed by atoms with E-state index < -0.39 is 0 Å². The molecule has 1 aliphatic heterocycles. The van der Waals surface area contributed by atoms with E-state index in [1.807, 2.05) is 25.1 Å². The van der Waals surface area contributed by atoms with Gasteiger partial charge < -0.3 is 20.1 Å². The highest BCUT2D eigenvalue weighted by atomic mass is 16.5. The number of anilines is 2. The molecule has 0 saturated heterocycles. The van der Waals surface area contributed by atoms with Crippen LogP contribution in [0.3, 0.4) is 0 Å². The van der Waals surface area contributed by atoms with Gasteiger partial charge in [-0.3, -0.25) is 0 Å². The third-order valence-electron chi connectivity index (χ3n) is 6.90. The molecule has 0 bridgehead atoms. The molecule has 6 heteroatoms. The summed E-state index contributed by atoms with van der Waals surface area (Å²) in [6, 6.07) is 6.18. The number of nitrogen functional groups attached to an aromatic ring is 1. The van der Waals surface area contributed by atoms with Crippen molar-refractivity contribution in [2.75, 3.05) is 30.9 Å². The summed E-state index contributed by atoms with van der Waals surface area (Å²) in [7, 11) is 7.84. The largest absolute Gasteiger partial charge is 0.497 e. The lowest BCUT2D eigenvalue weighted by Gasteiger charge is -2.31. The maximum atomic E-state index is 13.3. The molecule has 2 unspecified atom stereocenters. The quantitative estimate of drug-likeness (QED) is 0.453. The van der Waals surface area contributed by atoms with Gasteiger partial charge in [0.05, 0.1) is 31.0 Å². The highest BCUT2D eigenvalue weighted by molar-refractivity contribution is 6.23. The van der Waals surface area contributed by atoms with E-state index in [1.165, 1.54) is 5.56 Å². The molecule has 0 aromatic heterocycles. The summed E-state index contributed by atoms with van der Waals surface area (Å²) in [6.45, 7) is 5.11. The first-order chi connectivity index (χ1) is 15.5. The number of ether oxygens (including phenoxy) is 2. The molecule has 0 saturated carbocycles. The molecular weight excluding hydrogens is 399 g/mol. The lowest BCUT2D eigenvalue weighted by Crippen LogP contribution is -2.33. The van der Waals surface area contributed by atoms with Crippen molar-refractivity contribution in [3.05, 3.63) is 64.2 Å². The number of fused-ring (bicyclic) bond motifs is 7. The monoisotopic (exact) mass is 426 g/mol. The third kappa shape index (κ3) is 2.89. The molecular formula is C26H27BN2O3. The normalized spacial score (nSPS) is 20.1. The molecule has 5 nitrogen and oxygen atoms in total. The average Bonchev–Trinajstić information content (AvgIpc) is 3.12. The van der Waals surface area contributed by atoms with Gasteiger partial charge in [0.15, 0.2) is 0 Å². The standard InChI is InChI=1S/C26H27BN2O3/c1-4-29-20-11-7-15(27)13-19(20)22-24(28)23(26(30)32-5-2)21-17-10-8-16(31-3)12-14(17)6-9-18(21)25(22)29/h7-8,10-13,19-20H,4-6,9,28H2,1-3H3. The molecule has 2 aromatic rings. The van der Waals surface area contributed by atoms with E-state index in [4.69, 9.17) is 23.1 Å². The van der Waals surface area contributed by atoms with E-state index in [0.29, 0.717) is 17.9 Å². The molecule has 2 atom stereocenters. The van der Waals surface area contributed by atoms with Crippen LogP contribution in [-0.4, -0.2) is 40.1 Å². The van der Waals surface area contributed by atoms with Crippen molar-refractivity contribution < 1.29 is 14.3 Å². The second-order valence-corrected chi connectivity index (χ2v) is 8.48. The summed E-state index contributed by atoms with van der Waals surface area (Å²) < 4.78 is 10.9. The maximum absolute atomic E-state index is 13.3. The van der Waals surface area contributed by atoms with Gasteiger partial charge in [0.25, 0.3) is 0 Å². The second kappa shape index (κ2) is 7.77. The number of carbonyl (C=O) groups is 1. The zero-order valence-electron chi connectivity index (χ0n) is 18.8. The van der Waals surface area contributed by atoms with Crippen molar-refractivity contribution >= 4 is 25.2 Å². The molecule has 0 amide bonds. The number of aryl methyl sites for hydroxylation is 1. The Bertz CT molecular complexity index is 1180. The SMILES string of the molecule is [B]C1=CC2c3c(N)c(C(=O)OCC)c4c(c3N(CC)C2C=C1)CCc1cc(OC)ccc1-4. The fraction of sp³-hybridized carbons (Fsp3) is 0.346. The number of methoxy groups -OCH3 is 1. The Labute approximate surface area is 190 Å². The molecule has 2 aliphatic carbocycles. The molecule has 2 aromatic carbocycles. The van der Waals surface area contributed by atoms with Crippen LogP contribution in [0.1, 0.15) is 46.8 Å². The molecule has 2 radical (unpaired) electrons. The van der Waals surface area contributed by atoms with Crippen LogP contribution in [0.4, 0.5) is 11.4 Å². The Balaban J connectivity index is 1.84. The smallest absolute Gasteiger partial charge is 0.340 e. The average molecular weight is 426 g/mol. The molecule has 162 valence electrons. The first-order valence-electron chi connectivity index (χ1n) is 11.2. The van der Waals surface area contributed by atoms with Gasteiger partial charge in [-0.1, -0.05) is 24.3 Å². The Morgan fingerprint density at radius 3 is 2.81 bits per heavy atom. The van der Waals surface area contributed by atoms with Crippen LogP contribution < -0.4 is 15.4 Å². The molecule has 1 heterocycles. The number of likely N-dealkylation sites (N-methyl/N-ethyl adjacent to an activating group) is 1. The van der Waals surface area contributed by atoms with Crippen LogP contribution in [0.15, 0.2) is 41.9 Å². The van der Waals surface area contributed by atoms with E-state index in [1.54, 1.807) is 7.11 Å². The third-order valence-corrected chi connectivity index (χ3v) is 6.90. The predicted octanol–water partition coefficient (Wildman–Crippen LogP) is 4.13. The number of esters is 1. The molecule has 3 aliphatic rings. The number of hydrogen-bond donors (Lipinski definition) is 1. The molecule has 5 rings (SSSR count). The Morgan fingerprint density at radius 2 is 2.09 bits per heavy atom. The van der Waals surface area contributed by atoms with Crippen LogP contribution in [0.2, 0.25) is 0 Å². The molecule has 32 heavy (non-hydrogen) atoms. The summed E-state index contributed by atoms with van der Waals surface area (Å²) in [5.74, 6) is 0.458. The minimum atomic E-state index is -0.373. The van der Waals surface area contributed by atoms with Gasteiger partial charge in [-0.05, 0) is 55.5 Å². The minimum Gasteiger partial charge on any atom is -0.497 e. The van der Waals surface area contributed by atoms with Crippen molar-refractivity contribution in [2.45, 2.75) is 38.6 Å². The predicted molar refractivity (Wildman–Crippen MR) is 129 cm³/mol. The lowest BCUT2D eigenvalue weighted by molar-refractivity contribution is 0.0528. The van der Waals surface area contributed by atoms with Crippen LogP contribution in [0.25, 0.3) is 11.1 Å². The zero-order chi connectivity index (χ0) is 22.6. The lowest BCUT2D eigenvalue weighted by atomic mass is 9.77. The van der Waals surface area contributed by atoms with Crippen LogP contribution in [0, 0.1) is 0 Å². The van der Waals surface area contributed by atoms with Gasteiger partial charge in [0.1, 0.15) is 13.6 Å². The van der Waals surface area contributed by atoms with Crippen LogP contribution >= 0.6 is 0 Å². The summed E-state index contributed by atoms with van der Waals surface area (Å²) in [6.07, 6.45) is 7.88. The number of allylic oxidation sites excluding steroid dienone is 2. The van der Waals surface area contributed by atoms with Gasteiger partial charge in [0, 0.05) is 29.3 Å². The van der Waals surface area contributed by atoms with E-state index in [-0.39, 0.29) is 17.9 Å². The number of carbonyl (C=O) groups excluding carboxylic acids is 1. The van der Waals surface area contributed by atoms with E-state index in [0.717, 1.165) is 58.5 Å². The Kier molecular flexibility index (Phi) is 5.03. The highest BCUT2D eigenvalue weighted by Gasteiger charge is 2.43. The molecule has 0 fully saturated rings. The van der Waals surface area contributed by atoms with E-state index >= 15 is 0 Å². The second-order valence-electron chi connectivity index (χ2n) is 8.48. The maximum Gasteiger partial charge on any atom is 0.340 e. The summed E-state index contributed by atoms with van der Waals surface area (Å²) in [5.41, 5.74) is 15.0. The van der Waals surface area contributed by atoms with Crippen molar-refractivity contribution in [2.24, 2.45) is 0 Å². The van der Waals surface area contributed by atoms with Crippen LogP contribution in [0.5, 0.6) is 5.75 Å². The van der Waals surface area contributed by atoms with Crippen molar-refractivity contribution in [3.63, 3.8) is 0 Å². The van der Waals surface area contributed by atoms with E-state index in [2.05, 4.69) is 30.0 Å². The number of rotatable bonds is 4. The van der Waals surface area contributed by atoms with Crippen molar-refractivity contribution in [1.29, 1.82) is 0 Å². The summed E-state index contributed by atoms with van der Waals surface area (Å²) >= 11 is 0. The highest BCUT2D eigenvalue weighted by Crippen LogP contribution is 2.55. The summed E-state index contributed by atoms with van der Waals surface area (Å²) in [4.78, 5) is 15.7. The van der Waals surface area contributed by atoms with Crippen molar-refractivity contribution in [3.8, 4) is 16.9 Å². The molecule has 0 spiro atoms. The van der Waals surface area contributed by atoms with Gasteiger partial charge in [-0.2, -0.15) is 0 Å². The fourth-order valence-corrected chi connectivity index (χ4v) is 5.62. The first kappa shape index (κ1) is 20.7. The molecule has 2 N–H and O–H groups in total. The summed E-state index contributed by atoms with van der Waals surface area (Å²) in [5, 5.41) is 0. The van der Waals surface area contributed by atoms with Crippen molar-refractivity contribution in [1.82, 2.24) is 0 Å². The fourth-order valence-electron chi connectivity index (χ4n) is 5.62. The van der Waals surface area contributed by atoms with Gasteiger partial charge in [-0.25, -0.2) is 4.79 Å². The van der Waals surface area contributed by atoms with Crippen LogP contribution in [-0.2, 0) is 17.6 Å². The zero-order valence-corrected chi connectivity index (χ0v) is 18.8. The first-order valence-corrected chi connectivity index (χ1v) is 11.2. The minimum absolute atomic E-state index is 0.0192. The number of nitrogens with zero attached hydrogens (tertiary/aromatic N) is 1. The number of hydrogen-bond acceptors (Lipinski definition) is 5. The van der Waals surface area contributed by atoms with Gasteiger partial charge in [0.2, 0.25) is 0 Å². The van der Waals surface area contributed by atoms with E-state index in [9.17, 15) is 4.79 Å². The number of nitrogens with two attached hydrogens (primary N) is 1. The topological polar surface area (TPSA) is 64.8 Å². The Hall–Kier alpha value is -3.15. The van der Waals surface area contributed by atoms with Gasteiger partial charge >= 0.3 is 5.97 Å².